The first-order valence-corrected chi connectivity index (χ1v) is 19.2. The molecule has 0 saturated carbocycles. The molecule has 2 atom stereocenters. The van der Waals surface area contributed by atoms with E-state index in [2.05, 4.69) is 25.6 Å². The van der Waals surface area contributed by atoms with Crippen molar-refractivity contribution in [3.63, 3.8) is 0 Å². The Hall–Kier alpha value is -5.21. The quantitative estimate of drug-likeness (QED) is 0.155. The molecule has 3 heterocycles. The molecule has 14 heteroatoms. The van der Waals surface area contributed by atoms with Gasteiger partial charge in [0.2, 0.25) is 21.8 Å². The van der Waals surface area contributed by atoms with Crippen LogP contribution in [-0.2, 0) is 32.6 Å². The van der Waals surface area contributed by atoms with Gasteiger partial charge < -0.3 is 14.8 Å². The molecule has 1 aliphatic heterocycles. The zero-order valence-electron chi connectivity index (χ0n) is 31.1. The molecule has 6 rings (SSSR count). The molecule has 1 unspecified atom stereocenters. The second-order valence-corrected chi connectivity index (χ2v) is 15.7. The van der Waals surface area contributed by atoms with Crippen molar-refractivity contribution in [2.24, 2.45) is 5.41 Å². The number of nitrogens with one attached hydrogen (secondary N) is 1. The number of hydrogen-bond donors (Lipinski definition) is 1. The smallest absolute Gasteiger partial charge is 0.376 e. The fourth-order valence-corrected chi connectivity index (χ4v) is 8.44. The number of carbonyl (C=O) groups excluding carboxylic acids is 2. The largest absolute Gasteiger partial charge is 0.488 e. The molecular formula is C39H45N7O6S. The van der Waals surface area contributed by atoms with Gasteiger partial charge in [-0.3, -0.25) is 4.79 Å². The van der Waals surface area contributed by atoms with Gasteiger partial charge in [0.1, 0.15) is 22.3 Å². The van der Waals surface area contributed by atoms with Crippen molar-refractivity contribution in [3.05, 3.63) is 101 Å². The van der Waals surface area contributed by atoms with Gasteiger partial charge >= 0.3 is 5.97 Å². The summed E-state index contributed by atoms with van der Waals surface area (Å²) in [7, 11) is -3.90. The molecule has 0 fully saturated rings. The number of para-hydroxylation sites is 1. The molecule has 53 heavy (non-hydrogen) atoms. The predicted octanol–water partition coefficient (Wildman–Crippen LogP) is 6.19. The zero-order chi connectivity index (χ0) is 38.1. The SMILES string of the molecule is CCOC(=O)c1ncc(NC(=O)C(C)(C)C(c2ccc(C)c(CN3C[C@@H](CC)Oc4ccccc4S3(=O)=O)c2)c2ccc3c(nnn3CC)c2C)cn1. The van der Waals surface area contributed by atoms with E-state index in [1.54, 1.807) is 31.2 Å². The summed E-state index contributed by atoms with van der Waals surface area (Å²) >= 11 is 0. The first-order chi connectivity index (χ1) is 25.3. The summed E-state index contributed by atoms with van der Waals surface area (Å²) in [4.78, 5) is 34.8. The number of rotatable bonds is 11. The fraction of sp³-hybridized carbons (Fsp3) is 0.385. The van der Waals surface area contributed by atoms with Crippen LogP contribution in [0.5, 0.6) is 5.75 Å². The number of hydrogen-bond acceptors (Lipinski definition) is 10. The highest BCUT2D eigenvalue weighted by Crippen LogP contribution is 2.45. The highest BCUT2D eigenvalue weighted by molar-refractivity contribution is 7.89. The first-order valence-electron chi connectivity index (χ1n) is 17.8. The predicted molar refractivity (Wildman–Crippen MR) is 200 cm³/mol. The van der Waals surface area contributed by atoms with Gasteiger partial charge in [0, 0.05) is 19.0 Å². The average Bonchev–Trinajstić information content (AvgIpc) is 3.53. The van der Waals surface area contributed by atoms with Crippen molar-refractivity contribution in [2.75, 3.05) is 18.5 Å². The Morgan fingerprint density at radius 1 is 1.04 bits per heavy atom. The van der Waals surface area contributed by atoms with Crippen molar-refractivity contribution < 1.29 is 27.5 Å². The third-order valence-electron chi connectivity index (χ3n) is 9.94. The van der Waals surface area contributed by atoms with E-state index in [4.69, 9.17) is 9.47 Å². The van der Waals surface area contributed by atoms with Crippen LogP contribution in [0.15, 0.2) is 71.9 Å². The van der Waals surface area contributed by atoms with Crippen LogP contribution in [0.25, 0.3) is 11.0 Å². The van der Waals surface area contributed by atoms with Gasteiger partial charge in [0.05, 0.1) is 42.2 Å². The number of aromatic nitrogens is 5. The topological polar surface area (TPSA) is 158 Å². The molecule has 13 nitrogen and oxygen atoms in total. The molecule has 0 radical (unpaired) electrons. The van der Waals surface area contributed by atoms with Gasteiger partial charge in [0.25, 0.3) is 0 Å². The van der Waals surface area contributed by atoms with Crippen LogP contribution in [0.3, 0.4) is 0 Å². The lowest BCUT2D eigenvalue weighted by molar-refractivity contribution is -0.124. The van der Waals surface area contributed by atoms with E-state index < -0.39 is 27.3 Å². The second-order valence-electron chi connectivity index (χ2n) is 13.8. The van der Waals surface area contributed by atoms with Crippen LogP contribution in [0.2, 0.25) is 0 Å². The van der Waals surface area contributed by atoms with E-state index >= 15 is 0 Å². The molecule has 1 amide bonds. The minimum absolute atomic E-state index is 0.107. The minimum atomic E-state index is -3.90. The Balaban J connectivity index is 1.42. The molecular weight excluding hydrogens is 695 g/mol. The maximum Gasteiger partial charge on any atom is 0.376 e. The average molecular weight is 740 g/mol. The molecule has 0 bridgehead atoms. The lowest BCUT2D eigenvalue weighted by Crippen LogP contribution is -2.38. The van der Waals surface area contributed by atoms with Gasteiger partial charge in [-0.05, 0) is 80.1 Å². The molecule has 278 valence electrons. The molecule has 0 saturated heterocycles. The highest BCUT2D eigenvalue weighted by Gasteiger charge is 2.41. The third-order valence-corrected chi connectivity index (χ3v) is 11.8. The maximum atomic E-state index is 14.4. The Bertz CT molecular complexity index is 2270. The lowest BCUT2D eigenvalue weighted by Gasteiger charge is -2.35. The van der Waals surface area contributed by atoms with Crippen LogP contribution < -0.4 is 10.1 Å². The van der Waals surface area contributed by atoms with E-state index in [1.165, 1.54) is 16.7 Å². The van der Waals surface area contributed by atoms with Crippen molar-refractivity contribution in [3.8, 4) is 5.75 Å². The number of benzene rings is 3. The summed E-state index contributed by atoms with van der Waals surface area (Å²) in [6, 6.07) is 16.7. The van der Waals surface area contributed by atoms with Crippen LogP contribution >= 0.6 is 0 Å². The highest BCUT2D eigenvalue weighted by atomic mass is 32.2. The van der Waals surface area contributed by atoms with E-state index in [0.717, 1.165) is 38.9 Å². The Morgan fingerprint density at radius 3 is 2.47 bits per heavy atom. The van der Waals surface area contributed by atoms with Crippen molar-refractivity contribution in [2.45, 2.75) is 84.9 Å². The molecule has 1 N–H and O–H groups in total. The second kappa shape index (κ2) is 15.0. The molecule has 3 aromatic carbocycles. The molecule has 2 aromatic heterocycles. The van der Waals surface area contributed by atoms with Crippen LogP contribution in [0.1, 0.15) is 85.4 Å². The normalized spacial score (nSPS) is 16.3. The van der Waals surface area contributed by atoms with E-state index in [-0.39, 0.29) is 42.4 Å². The Labute approximate surface area is 309 Å². The van der Waals surface area contributed by atoms with E-state index in [1.807, 2.05) is 76.6 Å². The first kappa shape index (κ1) is 37.5. The number of anilines is 1. The summed E-state index contributed by atoms with van der Waals surface area (Å²) in [6.07, 6.45) is 3.05. The summed E-state index contributed by atoms with van der Waals surface area (Å²) in [5.41, 5.74) is 5.14. The van der Waals surface area contributed by atoms with Crippen LogP contribution in [0.4, 0.5) is 5.69 Å². The van der Waals surface area contributed by atoms with Gasteiger partial charge in [0.15, 0.2) is 0 Å². The number of nitrogens with zero attached hydrogens (tertiary/aromatic N) is 6. The van der Waals surface area contributed by atoms with Crippen LogP contribution in [0, 0.1) is 19.3 Å². The third kappa shape index (κ3) is 7.25. The van der Waals surface area contributed by atoms with Gasteiger partial charge in [-0.1, -0.05) is 62.4 Å². The van der Waals surface area contributed by atoms with Crippen molar-refractivity contribution >= 4 is 38.6 Å². The molecule has 0 spiro atoms. The van der Waals surface area contributed by atoms with E-state index in [9.17, 15) is 18.0 Å². The number of fused-ring (bicyclic) bond motifs is 2. The Morgan fingerprint density at radius 2 is 1.77 bits per heavy atom. The maximum absolute atomic E-state index is 14.4. The number of aryl methyl sites for hydroxylation is 3. The van der Waals surface area contributed by atoms with Gasteiger partial charge in [-0.2, -0.15) is 4.31 Å². The van der Waals surface area contributed by atoms with Crippen LogP contribution in [-0.4, -0.2) is 68.8 Å². The number of ether oxygens (including phenoxy) is 2. The lowest BCUT2D eigenvalue weighted by atomic mass is 9.69. The molecule has 1 aliphatic rings. The fourth-order valence-electron chi connectivity index (χ4n) is 6.87. The summed E-state index contributed by atoms with van der Waals surface area (Å²) in [6.45, 7) is 14.5. The van der Waals surface area contributed by atoms with Crippen molar-refractivity contribution in [1.29, 1.82) is 0 Å². The number of amides is 1. The van der Waals surface area contributed by atoms with Gasteiger partial charge in [-0.25, -0.2) is 27.9 Å². The molecule has 0 aliphatic carbocycles. The summed E-state index contributed by atoms with van der Waals surface area (Å²) in [5, 5.41) is 11.8. The molecule has 5 aromatic rings. The number of esters is 1. The van der Waals surface area contributed by atoms with E-state index in [0.29, 0.717) is 24.4 Å². The number of carbonyl (C=O) groups is 2. The summed E-state index contributed by atoms with van der Waals surface area (Å²) < 4.78 is 42.7. The summed E-state index contributed by atoms with van der Waals surface area (Å²) in [5.74, 6) is -1.24. The van der Waals surface area contributed by atoms with Crippen molar-refractivity contribution in [1.82, 2.24) is 29.3 Å². The standard InChI is InChI=1S/C39H45N7O6S/c1-8-29-23-45(53(49,50)33-14-12-11-13-32(33)52-29)22-27-19-26(16-15-24(27)4)34(30-17-18-31-35(25(30)5)43-44-46(31)9-2)39(6,7)38(48)42-28-20-40-36(41-21-28)37(47)51-10-3/h11-21,29,34H,8-10,22-23H2,1-7H3,(H,42,48)/t29-,34?/m1/s1. The zero-order valence-corrected chi connectivity index (χ0v) is 31.9. The Kier molecular flexibility index (Phi) is 10.6. The number of sulfonamides is 1. The monoisotopic (exact) mass is 739 g/mol. The van der Waals surface area contributed by atoms with Gasteiger partial charge in [-0.15, -0.1) is 5.10 Å². The minimum Gasteiger partial charge on any atom is -0.488 e.